The van der Waals surface area contributed by atoms with Gasteiger partial charge in [0.2, 0.25) is 17.7 Å². The third-order valence-electron chi connectivity index (χ3n) is 5.93. The van der Waals surface area contributed by atoms with Gasteiger partial charge in [-0.2, -0.15) is 0 Å². The topological polar surface area (TPSA) is 97.6 Å². The van der Waals surface area contributed by atoms with Gasteiger partial charge in [-0.1, -0.05) is 38.0 Å². The summed E-state index contributed by atoms with van der Waals surface area (Å²) in [6, 6.07) is 9.43. The zero-order valence-corrected chi connectivity index (χ0v) is 21.2. The van der Waals surface area contributed by atoms with E-state index in [0.717, 1.165) is 30.2 Å². The summed E-state index contributed by atoms with van der Waals surface area (Å²) >= 11 is 0. The number of amides is 1. The zero-order chi connectivity index (χ0) is 25.2. The molecule has 3 aromatic rings. The minimum atomic E-state index is -0.348. The van der Waals surface area contributed by atoms with Crippen LogP contribution in [0.15, 0.2) is 40.9 Å². The number of unbranched alkanes of at least 4 members (excludes halogenated alkanes) is 2. The Bertz CT molecular complexity index is 1130. The van der Waals surface area contributed by atoms with Gasteiger partial charge in [0.25, 0.3) is 0 Å². The van der Waals surface area contributed by atoms with Gasteiger partial charge in [0.15, 0.2) is 5.76 Å². The van der Waals surface area contributed by atoms with E-state index in [4.69, 9.17) is 9.15 Å². The molecule has 0 aliphatic carbocycles. The Kier molecular flexibility index (Phi) is 9.78. The highest BCUT2D eigenvalue weighted by Gasteiger charge is 2.22. The van der Waals surface area contributed by atoms with E-state index in [9.17, 15) is 9.59 Å². The van der Waals surface area contributed by atoms with Gasteiger partial charge < -0.3 is 19.4 Å². The van der Waals surface area contributed by atoms with Crippen molar-refractivity contribution >= 4 is 22.6 Å². The van der Waals surface area contributed by atoms with Crippen molar-refractivity contribution in [2.75, 3.05) is 27.7 Å². The number of benzene rings is 1. The largest absolute Gasteiger partial charge is 0.480 e. The van der Waals surface area contributed by atoms with Gasteiger partial charge in [-0.15, -0.1) is 0 Å². The number of aromatic nitrogens is 2. The summed E-state index contributed by atoms with van der Waals surface area (Å²) in [6.45, 7) is 2.55. The predicted molar refractivity (Wildman–Crippen MR) is 136 cm³/mol. The second-order valence-corrected chi connectivity index (χ2v) is 8.97. The van der Waals surface area contributed by atoms with Crippen LogP contribution in [-0.2, 0) is 9.59 Å². The molecule has 1 N–H and O–H groups in total. The summed E-state index contributed by atoms with van der Waals surface area (Å²) in [5.74, 6) is 1.69. The molecule has 2 aromatic heterocycles. The van der Waals surface area contributed by atoms with E-state index >= 15 is 0 Å². The molecule has 0 radical (unpaired) electrons. The predicted octanol–water partition coefficient (Wildman–Crippen LogP) is 4.94. The Hall–Kier alpha value is -3.26. The van der Waals surface area contributed by atoms with Crippen LogP contribution in [0.4, 0.5) is 0 Å². The van der Waals surface area contributed by atoms with Crippen molar-refractivity contribution in [3.05, 3.63) is 42.4 Å². The van der Waals surface area contributed by atoms with Gasteiger partial charge in [-0.25, -0.2) is 9.97 Å². The minimum Gasteiger partial charge on any atom is -0.480 e. The molecule has 1 aromatic carbocycles. The fourth-order valence-electron chi connectivity index (χ4n) is 3.88. The van der Waals surface area contributed by atoms with E-state index in [1.165, 1.54) is 0 Å². The Labute approximate surface area is 207 Å². The molecule has 0 bridgehead atoms. The summed E-state index contributed by atoms with van der Waals surface area (Å²) in [5, 5.41) is 4.06. The average molecular weight is 481 g/mol. The summed E-state index contributed by atoms with van der Waals surface area (Å²) < 4.78 is 11.7. The lowest BCUT2D eigenvalue weighted by Gasteiger charge is -2.17. The molecule has 8 heteroatoms. The number of para-hydroxylation sites is 1. The van der Waals surface area contributed by atoms with E-state index < -0.39 is 0 Å². The number of nitrogens with one attached hydrogen (secondary N) is 1. The van der Waals surface area contributed by atoms with Crippen molar-refractivity contribution in [3.8, 4) is 17.2 Å². The molecule has 0 fully saturated rings. The Morgan fingerprint density at radius 1 is 1.14 bits per heavy atom. The number of pyridine rings is 1. The van der Waals surface area contributed by atoms with Gasteiger partial charge in [-0.3, -0.25) is 9.59 Å². The van der Waals surface area contributed by atoms with Crippen LogP contribution >= 0.6 is 0 Å². The van der Waals surface area contributed by atoms with Crippen LogP contribution in [-0.4, -0.2) is 54.3 Å². The summed E-state index contributed by atoms with van der Waals surface area (Å²) in [5.41, 5.74) is 1.54. The third kappa shape index (κ3) is 7.62. The van der Waals surface area contributed by atoms with Crippen molar-refractivity contribution in [1.82, 2.24) is 20.2 Å². The Morgan fingerprint density at radius 3 is 2.69 bits per heavy atom. The second-order valence-electron chi connectivity index (χ2n) is 8.97. The smallest absolute Gasteiger partial charge is 0.224 e. The molecular weight excluding hydrogens is 444 g/mol. The lowest BCUT2D eigenvalue weighted by molar-refractivity contribution is -0.122. The molecule has 0 aliphatic heterocycles. The van der Waals surface area contributed by atoms with Crippen LogP contribution < -0.4 is 10.1 Å². The standard InChI is InChI=1S/C27H36N4O4/c1-5-20(32)12-7-6-8-14-23(29-25(33)15-16-31(2)3)27-28-18-24(35-27)21-17-19-11-9-10-13-22(19)30-26(21)34-4/h9-11,13,17-18,23H,5-8,12,14-16H2,1-4H3,(H,29,33)/t23-/m0/s1. The molecule has 0 saturated heterocycles. The Balaban J connectivity index is 1.77. The number of Topliss-reactive ketones (excluding diaryl/α,β-unsaturated/α-hetero) is 1. The monoisotopic (exact) mass is 480 g/mol. The van der Waals surface area contributed by atoms with Crippen LogP contribution in [0, 0.1) is 0 Å². The summed E-state index contributed by atoms with van der Waals surface area (Å²) in [7, 11) is 5.45. The molecule has 188 valence electrons. The van der Waals surface area contributed by atoms with Gasteiger partial charge in [0.05, 0.1) is 24.4 Å². The fourth-order valence-corrected chi connectivity index (χ4v) is 3.88. The SMILES string of the molecule is CCC(=O)CCCCC[C@H](NC(=O)CCN(C)C)c1ncc(-c2cc3ccccc3nc2OC)o1. The zero-order valence-electron chi connectivity index (χ0n) is 21.2. The van der Waals surface area contributed by atoms with E-state index in [2.05, 4.69) is 15.3 Å². The normalized spacial score (nSPS) is 12.1. The number of carbonyl (C=O) groups excluding carboxylic acids is 2. The number of rotatable bonds is 14. The molecule has 8 nitrogen and oxygen atoms in total. The summed E-state index contributed by atoms with van der Waals surface area (Å²) in [4.78, 5) is 35.2. The lowest BCUT2D eigenvalue weighted by atomic mass is 10.0. The number of ether oxygens (including phenoxy) is 1. The van der Waals surface area contributed by atoms with Crippen LogP contribution in [0.25, 0.3) is 22.2 Å². The molecule has 0 spiro atoms. The maximum Gasteiger partial charge on any atom is 0.224 e. The third-order valence-corrected chi connectivity index (χ3v) is 5.93. The second kappa shape index (κ2) is 13.0. The molecular formula is C27H36N4O4. The lowest BCUT2D eigenvalue weighted by Crippen LogP contribution is -2.31. The number of methoxy groups -OCH3 is 1. The van der Waals surface area contributed by atoms with Crippen molar-refractivity contribution < 1.29 is 18.7 Å². The first-order valence-electron chi connectivity index (χ1n) is 12.3. The molecule has 2 heterocycles. The highest BCUT2D eigenvalue weighted by atomic mass is 16.5. The van der Waals surface area contributed by atoms with Crippen LogP contribution in [0.5, 0.6) is 5.88 Å². The number of hydrogen-bond donors (Lipinski definition) is 1. The van der Waals surface area contributed by atoms with E-state index in [-0.39, 0.29) is 17.7 Å². The van der Waals surface area contributed by atoms with Crippen LogP contribution in [0.2, 0.25) is 0 Å². The van der Waals surface area contributed by atoms with E-state index in [1.807, 2.05) is 56.3 Å². The Morgan fingerprint density at radius 2 is 1.94 bits per heavy atom. The van der Waals surface area contributed by atoms with Crippen molar-refractivity contribution in [2.24, 2.45) is 0 Å². The average Bonchev–Trinajstić information content (AvgIpc) is 3.35. The molecule has 35 heavy (non-hydrogen) atoms. The molecule has 1 amide bonds. The van der Waals surface area contributed by atoms with Gasteiger partial charge in [-0.05, 0) is 39.1 Å². The fraction of sp³-hybridized carbons (Fsp3) is 0.481. The van der Waals surface area contributed by atoms with Gasteiger partial charge in [0.1, 0.15) is 11.8 Å². The quantitative estimate of drug-likeness (QED) is 0.327. The van der Waals surface area contributed by atoms with Crippen molar-refractivity contribution in [3.63, 3.8) is 0 Å². The number of hydrogen-bond acceptors (Lipinski definition) is 7. The van der Waals surface area contributed by atoms with Gasteiger partial charge in [0, 0.05) is 31.2 Å². The highest BCUT2D eigenvalue weighted by molar-refractivity contribution is 5.85. The van der Waals surface area contributed by atoms with E-state index in [1.54, 1.807) is 13.3 Å². The molecule has 0 unspecified atom stereocenters. The highest BCUT2D eigenvalue weighted by Crippen LogP contribution is 2.33. The molecule has 3 rings (SSSR count). The number of oxazole rings is 1. The number of ketones is 1. The maximum absolute atomic E-state index is 12.6. The number of nitrogens with zero attached hydrogens (tertiary/aromatic N) is 3. The maximum atomic E-state index is 12.6. The van der Waals surface area contributed by atoms with Gasteiger partial charge >= 0.3 is 0 Å². The minimum absolute atomic E-state index is 0.0467. The first-order valence-corrected chi connectivity index (χ1v) is 12.3. The molecule has 1 atom stereocenters. The number of fused-ring (bicyclic) bond motifs is 1. The first-order chi connectivity index (χ1) is 16.9. The summed E-state index contributed by atoms with van der Waals surface area (Å²) in [6.07, 6.45) is 6.53. The molecule has 0 aliphatic rings. The number of carbonyl (C=O) groups is 2. The van der Waals surface area contributed by atoms with Crippen molar-refractivity contribution in [1.29, 1.82) is 0 Å². The van der Waals surface area contributed by atoms with Crippen LogP contribution in [0.3, 0.4) is 0 Å². The van der Waals surface area contributed by atoms with E-state index in [0.29, 0.717) is 55.3 Å². The molecule has 0 saturated carbocycles. The first kappa shape index (κ1) is 26.3. The van der Waals surface area contributed by atoms with Crippen molar-refractivity contribution in [2.45, 2.75) is 57.9 Å². The van der Waals surface area contributed by atoms with Crippen LogP contribution in [0.1, 0.15) is 63.8 Å².